The van der Waals surface area contributed by atoms with Gasteiger partial charge in [-0.3, -0.25) is 0 Å². The van der Waals surface area contributed by atoms with E-state index < -0.39 is 5.97 Å². The van der Waals surface area contributed by atoms with E-state index in [0.29, 0.717) is 11.6 Å². The Morgan fingerprint density at radius 2 is 1.60 bits per heavy atom. The van der Waals surface area contributed by atoms with E-state index in [9.17, 15) is 4.79 Å². The van der Waals surface area contributed by atoms with Crippen LogP contribution in [0.15, 0.2) is 81.7 Å². The Bertz CT molecular complexity index is 678. The van der Waals surface area contributed by atoms with E-state index in [1.54, 1.807) is 5.41 Å². The average molecular weight is 281 g/mol. The van der Waals surface area contributed by atoms with E-state index in [0.717, 1.165) is 10.5 Å². The Hall–Kier alpha value is -2.33. The maximum Gasteiger partial charge on any atom is 0.364 e. The minimum Gasteiger partial charge on any atom is -0.402 e. The van der Waals surface area contributed by atoms with Gasteiger partial charge in [0.2, 0.25) is 5.90 Å². The molecule has 0 fully saturated rings. The first-order valence-electron chi connectivity index (χ1n) is 6.11. The van der Waals surface area contributed by atoms with E-state index >= 15 is 0 Å². The summed E-state index contributed by atoms with van der Waals surface area (Å²) in [6.45, 7) is 0. The predicted octanol–water partition coefficient (Wildman–Crippen LogP) is 3.62. The third kappa shape index (κ3) is 2.81. The maximum atomic E-state index is 11.8. The molecule has 0 aliphatic carbocycles. The monoisotopic (exact) mass is 281 g/mol. The van der Waals surface area contributed by atoms with Crippen molar-refractivity contribution in [2.45, 2.75) is 4.90 Å². The quantitative estimate of drug-likeness (QED) is 0.490. The van der Waals surface area contributed by atoms with Crippen LogP contribution < -0.4 is 0 Å². The first-order chi connectivity index (χ1) is 9.83. The number of carbonyl (C=O) groups is 1. The Balaban J connectivity index is 1.80. The van der Waals surface area contributed by atoms with Gasteiger partial charge in [0.05, 0.1) is 0 Å². The van der Waals surface area contributed by atoms with Crippen molar-refractivity contribution in [3.05, 3.63) is 77.3 Å². The molecule has 0 saturated heterocycles. The molecule has 2 aromatic carbocycles. The third-order valence-electron chi connectivity index (χ3n) is 2.69. The molecule has 0 bridgehead atoms. The number of nitrogens with zero attached hydrogens (tertiary/aromatic N) is 1. The highest BCUT2D eigenvalue weighted by atomic mass is 32.2. The highest BCUT2D eigenvalue weighted by Gasteiger charge is 2.23. The van der Waals surface area contributed by atoms with Gasteiger partial charge in [0.1, 0.15) is 0 Å². The molecular formula is C16H11NO2S. The fourth-order valence-corrected chi connectivity index (χ4v) is 2.43. The van der Waals surface area contributed by atoms with Gasteiger partial charge in [-0.25, -0.2) is 9.79 Å². The van der Waals surface area contributed by atoms with E-state index in [-0.39, 0.29) is 0 Å². The molecule has 0 amide bonds. The topological polar surface area (TPSA) is 38.7 Å². The van der Waals surface area contributed by atoms with Crippen LogP contribution in [0.1, 0.15) is 5.56 Å². The van der Waals surface area contributed by atoms with Crippen LogP contribution in [0, 0.1) is 0 Å². The van der Waals surface area contributed by atoms with Gasteiger partial charge < -0.3 is 4.74 Å². The first-order valence-corrected chi connectivity index (χ1v) is 6.99. The molecule has 0 atom stereocenters. The summed E-state index contributed by atoms with van der Waals surface area (Å²) in [4.78, 5) is 17.1. The van der Waals surface area contributed by atoms with Gasteiger partial charge in [0, 0.05) is 15.9 Å². The van der Waals surface area contributed by atoms with Crippen LogP contribution in [0.2, 0.25) is 0 Å². The summed E-state index contributed by atoms with van der Waals surface area (Å²) in [6.07, 6.45) is 0. The number of esters is 1. The molecule has 20 heavy (non-hydrogen) atoms. The third-order valence-corrected chi connectivity index (χ3v) is 3.58. The molecule has 0 radical (unpaired) electrons. The number of rotatable bonds is 3. The number of benzene rings is 2. The van der Waals surface area contributed by atoms with Crippen LogP contribution in [0.4, 0.5) is 0 Å². The van der Waals surface area contributed by atoms with Gasteiger partial charge >= 0.3 is 5.97 Å². The first kappa shape index (κ1) is 12.7. The van der Waals surface area contributed by atoms with E-state index in [1.807, 2.05) is 60.7 Å². The molecule has 1 aliphatic heterocycles. The van der Waals surface area contributed by atoms with Gasteiger partial charge in [-0.2, -0.15) is 0 Å². The van der Waals surface area contributed by atoms with E-state index in [4.69, 9.17) is 4.74 Å². The zero-order valence-electron chi connectivity index (χ0n) is 10.5. The van der Waals surface area contributed by atoms with Crippen molar-refractivity contribution in [2.24, 2.45) is 4.99 Å². The highest BCUT2D eigenvalue weighted by molar-refractivity contribution is 8.02. The number of ether oxygens (including phenoxy) is 1. The van der Waals surface area contributed by atoms with Crippen LogP contribution >= 0.6 is 11.8 Å². The lowest BCUT2D eigenvalue weighted by Gasteiger charge is -1.97. The van der Waals surface area contributed by atoms with Crippen LogP contribution in [0.25, 0.3) is 0 Å². The molecular weight excluding hydrogens is 270 g/mol. The minimum absolute atomic E-state index is 0.331. The summed E-state index contributed by atoms with van der Waals surface area (Å²) in [6, 6.07) is 19.2. The predicted molar refractivity (Wildman–Crippen MR) is 79.5 cm³/mol. The number of carbonyl (C=O) groups excluding carboxylic acids is 1. The van der Waals surface area contributed by atoms with E-state index in [2.05, 4.69) is 4.99 Å². The number of hydrogen-bond donors (Lipinski definition) is 0. The standard InChI is InChI=1S/C16H11NO2S/c18-16-14(11-20-13-9-5-2-6-10-13)17-15(19-16)12-7-3-1-4-8-12/h1-11H/b14-11+. The Morgan fingerprint density at radius 1 is 0.950 bits per heavy atom. The molecule has 3 nitrogen and oxygen atoms in total. The normalized spacial score (nSPS) is 16.1. The SMILES string of the molecule is O=C1OC(c2ccccc2)=N/C1=C/Sc1ccccc1. The Kier molecular flexibility index (Phi) is 3.65. The van der Waals surface area contributed by atoms with E-state index in [1.165, 1.54) is 11.8 Å². The minimum atomic E-state index is -0.410. The van der Waals surface area contributed by atoms with Crippen LogP contribution in [0.5, 0.6) is 0 Å². The molecule has 0 N–H and O–H groups in total. The van der Waals surface area contributed by atoms with Crippen molar-refractivity contribution in [2.75, 3.05) is 0 Å². The van der Waals surface area contributed by atoms with Crippen LogP contribution in [-0.4, -0.2) is 11.9 Å². The molecule has 4 heteroatoms. The van der Waals surface area contributed by atoms with Gasteiger partial charge in [-0.1, -0.05) is 48.2 Å². The summed E-state index contributed by atoms with van der Waals surface area (Å²) in [5.41, 5.74) is 1.13. The lowest BCUT2D eigenvalue weighted by atomic mass is 10.2. The largest absolute Gasteiger partial charge is 0.402 e. The molecule has 0 unspecified atom stereocenters. The van der Waals surface area contributed by atoms with Crippen molar-refractivity contribution in [1.82, 2.24) is 0 Å². The number of aliphatic imine (C=N–C) groups is 1. The van der Waals surface area contributed by atoms with Crippen molar-refractivity contribution < 1.29 is 9.53 Å². The second-order valence-electron chi connectivity index (χ2n) is 4.11. The van der Waals surface area contributed by atoms with Crippen molar-refractivity contribution in [1.29, 1.82) is 0 Å². The van der Waals surface area contributed by atoms with Crippen LogP contribution in [-0.2, 0) is 9.53 Å². The van der Waals surface area contributed by atoms with Crippen molar-refractivity contribution in [3.8, 4) is 0 Å². The van der Waals surface area contributed by atoms with Crippen molar-refractivity contribution in [3.63, 3.8) is 0 Å². The Morgan fingerprint density at radius 3 is 2.30 bits per heavy atom. The Labute approximate surface area is 121 Å². The summed E-state index contributed by atoms with van der Waals surface area (Å²) in [5, 5.41) is 1.72. The molecule has 1 heterocycles. The zero-order valence-corrected chi connectivity index (χ0v) is 11.3. The summed E-state index contributed by atoms with van der Waals surface area (Å²) in [5.74, 6) is -0.0530. The fraction of sp³-hybridized carbons (Fsp3) is 0. The zero-order chi connectivity index (χ0) is 13.8. The average Bonchev–Trinajstić information content (AvgIpc) is 2.88. The fourth-order valence-electron chi connectivity index (χ4n) is 1.72. The molecule has 98 valence electrons. The number of cyclic esters (lactones) is 1. The summed E-state index contributed by atoms with van der Waals surface area (Å²) < 4.78 is 5.18. The molecule has 1 aliphatic rings. The molecule has 3 rings (SSSR count). The molecule has 0 saturated carbocycles. The second kappa shape index (κ2) is 5.75. The van der Waals surface area contributed by atoms with Gasteiger partial charge in [-0.05, 0) is 24.3 Å². The smallest absolute Gasteiger partial charge is 0.364 e. The summed E-state index contributed by atoms with van der Waals surface area (Å²) in [7, 11) is 0. The van der Waals surface area contributed by atoms with Gasteiger partial charge in [-0.15, -0.1) is 0 Å². The highest BCUT2D eigenvalue weighted by Crippen LogP contribution is 2.24. The summed E-state index contributed by atoms with van der Waals surface area (Å²) >= 11 is 1.45. The second-order valence-corrected chi connectivity index (χ2v) is 5.05. The lowest BCUT2D eigenvalue weighted by molar-refractivity contribution is -0.130. The number of hydrogen-bond acceptors (Lipinski definition) is 4. The van der Waals surface area contributed by atoms with Gasteiger partial charge in [0.15, 0.2) is 5.70 Å². The lowest BCUT2D eigenvalue weighted by Crippen LogP contribution is -2.04. The van der Waals surface area contributed by atoms with Crippen molar-refractivity contribution >= 4 is 23.6 Å². The molecule has 0 spiro atoms. The molecule has 0 aromatic heterocycles. The number of thioether (sulfide) groups is 1. The van der Waals surface area contributed by atoms with Crippen LogP contribution in [0.3, 0.4) is 0 Å². The van der Waals surface area contributed by atoms with Gasteiger partial charge in [0.25, 0.3) is 0 Å². The maximum absolute atomic E-state index is 11.8. The molecule has 2 aromatic rings.